The number of furan rings is 1. The van der Waals surface area contributed by atoms with E-state index >= 15 is 0 Å². The summed E-state index contributed by atoms with van der Waals surface area (Å²) < 4.78 is 16.3. The lowest BCUT2D eigenvalue weighted by Crippen LogP contribution is -2.29. The minimum Gasteiger partial charge on any atom is -0.504 e. The summed E-state index contributed by atoms with van der Waals surface area (Å²) in [5.41, 5.74) is 3.16. The second kappa shape index (κ2) is 9.02. The Bertz CT molecular complexity index is 1370. The molecular formula is C26H23N3O6. The molecule has 1 aliphatic rings. The van der Waals surface area contributed by atoms with Gasteiger partial charge < -0.3 is 19.0 Å². The van der Waals surface area contributed by atoms with Crippen molar-refractivity contribution in [1.82, 2.24) is 10.2 Å². The number of nitrogens with one attached hydrogen (secondary N) is 1. The third-order valence-corrected chi connectivity index (χ3v) is 5.78. The largest absolute Gasteiger partial charge is 0.504 e. The fourth-order valence-electron chi connectivity index (χ4n) is 4.28. The highest BCUT2D eigenvalue weighted by Crippen LogP contribution is 2.46. The van der Waals surface area contributed by atoms with Crippen LogP contribution in [0.3, 0.4) is 0 Å². The number of rotatable bonds is 7. The highest BCUT2D eigenvalue weighted by atomic mass is 16.5. The van der Waals surface area contributed by atoms with E-state index in [1.807, 2.05) is 6.92 Å². The Hall–Kier alpha value is -4.53. The molecule has 0 bridgehead atoms. The van der Waals surface area contributed by atoms with E-state index in [1.165, 1.54) is 6.07 Å². The molecule has 4 aromatic rings. The minimum absolute atomic E-state index is 0.00365. The molecule has 0 saturated heterocycles. The molecule has 0 unspecified atom stereocenters. The first kappa shape index (κ1) is 22.3. The zero-order valence-corrected chi connectivity index (χ0v) is 19.1. The summed E-state index contributed by atoms with van der Waals surface area (Å²) in [7, 11) is 0. The van der Waals surface area contributed by atoms with Gasteiger partial charge in [-0.25, -0.2) is 4.79 Å². The second-order valence-corrected chi connectivity index (χ2v) is 7.84. The highest BCUT2D eigenvalue weighted by Gasteiger charge is 2.44. The second-order valence-electron chi connectivity index (χ2n) is 7.84. The van der Waals surface area contributed by atoms with Crippen LogP contribution in [0.2, 0.25) is 0 Å². The monoisotopic (exact) mass is 473 g/mol. The van der Waals surface area contributed by atoms with E-state index in [0.717, 1.165) is 0 Å². The van der Waals surface area contributed by atoms with Crippen molar-refractivity contribution < 1.29 is 28.6 Å². The molecule has 2 N–H and O–H groups in total. The van der Waals surface area contributed by atoms with Gasteiger partial charge >= 0.3 is 5.97 Å². The molecule has 178 valence electrons. The molecule has 2 aromatic carbocycles. The van der Waals surface area contributed by atoms with Crippen molar-refractivity contribution in [3.05, 3.63) is 83.2 Å². The normalized spacial score (nSPS) is 14.7. The van der Waals surface area contributed by atoms with E-state index in [9.17, 15) is 14.7 Å². The van der Waals surface area contributed by atoms with Crippen LogP contribution in [0.25, 0.3) is 11.5 Å². The summed E-state index contributed by atoms with van der Waals surface area (Å²) in [6.07, 6.45) is 1.55. The first-order valence-electron chi connectivity index (χ1n) is 11.2. The number of carbonyl (C=O) groups is 2. The lowest BCUT2D eigenvalue weighted by atomic mass is 9.97. The Morgan fingerprint density at radius 2 is 1.94 bits per heavy atom. The van der Waals surface area contributed by atoms with E-state index < -0.39 is 12.0 Å². The molecule has 35 heavy (non-hydrogen) atoms. The van der Waals surface area contributed by atoms with Crippen LogP contribution in [-0.4, -0.2) is 40.4 Å². The molecular weight excluding hydrogens is 450 g/mol. The summed E-state index contributed by atoms with van der Waals surface area (Å²) in [6.45, 7) is 4.21. The van der Waals surface area contributed by atoms with Crippen LogP contribution in [-0.2, 0) is 4.74 Å². The summed E-state index contributed by atoms with van der Waals surface area (Å²) in [5.74, 6) is 0.112. The van der Waals surface area contributed by atoms with Crippen LogP contribution in [0, 0.1) is 0 Å². The van der Waals surface area contributed by atoms with Crippen LogP contribution in [0.4, 0.5) is 5.69 Å². The Labute approximate surface area is 200 Å². The Balaban J connectivity index is 1.64. The molecule has 1 aliphatic heterocycles. The van der Waals surface area contributed by atoms with Gasteiger partial charge in [0.25, 0.3) is 5.91 Å². The molecule has 0 fully saturated rings. The predicted molar refractivity (Wildman–Crippen MR) is 127 cm³/mol. The maximum Gasteiger partial charge on any atom is 0.338 e. The molecule has 1 atom stereocenters. The number of phenols is 1. The lowest BCUT2D eigenvalue weighted by Gasteiger charge is -2.27. The number of nitrogens with zero attached hydrogens (tertiary/aromatic N) is 2. The van der Waals surface area contributed by atoms with E-state index in [-0.39, 0.29) is 24.0 Å². The lowest BCUT2D eigenvalue weighted by molar-refractivity contribution is 0.0526. The van der Waals surface area contributed by atoms with Gasteiger partial charge in [-0.3, -0.25) is 14.8 Å². The Kier molecular flexibility index (Phi) is 5.74. The summed E-state index contributed by atoms with van der Waals surface area (Å²) in [5, 5.41) is 17.5. The fraction of sp³-hybridized carbons (Fsp3) is 0.192. The number of hydrogen-bond donors (Lipinski definition) is 2. The molecule has 2 aromatic heterocycles. The number of hydrogen-bond acceptors (Lipinski definition) is 7. The van der Waals surface area contributed by atoms with Crippen molar-refractivity contribution in [3.8, 4) is 23.0 Å². The molecule has 1 amide bonds. The van der Waals surface area contributed by atoms with Gasteiger partial charge in [-0.15, -0.1) is 0 Å². The molecule has 0 spiro atoms. The van der Waals surface area contributed by atoms with Crippen molar-refractivity contribution in [1.29, 1.82) is 0 Å². The average molecular weight is 473 g/mol. The van der Waals surface area contributed by atoms with Crippen LogP contribution in [0.5, 0.6) is 11.5 Å². The Morgan fingerprint density at radius 1 is 1.14 bits per heavy atom. The van der Waals surface area contributed by atoms with Crippen molar-refractivity contribution >= 4 is 17.6 Å². The molecule has 0 aliphatic carbocycles. The number of esters is 1. The van der Waals surface area contributed by atoms with Gasteiger partial charge in [0.05, 0.1) is 31.1 Å². The zero-order chi connectivity index (χ0) is 24.5. The smallest absolute Gasteiger partial charge is 0.338 e. The van der Waals surface area contributed by atoms with E-state index in [2.05, 4.69) is 10.2 Å². The topological polar surface area (TPSA) is 118 Å². The third-order valence-electron chi connectivity index (χ3n) is 5.78. The summed E-state index contributed by atoms with van der Waals surface area (Å²) in [4.78, 5) is 27.3. The van der Waals surface area contributed by atoms with Gasteiger partial charge in [0, 0.05) is 11.3 Å². The molecule has 3 heterocycles. The molecule has 9 nitrogen and oxygen atoms in total. The van der Waals surface area contributed by atoms with Crippen molar-refractivity contribution in [2.45, 2.75) is 19.9 Å². The SMILES string of the molecule is CCOC(=O)c1ccc(N2C(=O)c3n[nH]c(-c4ccco4)c3[C@@H]2c2ccc(O)c(OCC)c2)cc1. The number of aromatic nitrogens is 2. The number of fused-ring (bicyclic) bond motifs is 1. The van der Waals surface area contributed by atoms with Crippen LogP contribution < -0.4 is 9.64 Å². The van der Waals surface area contributed by atoms with Crippen LogP contribution in [0.15, 0.2) is 65.3 Å². The molecule has 0 saturated carbocycles. The third kappa shape index (κ3) is 3.80. The maximum absolute atomic E-state index is 13.6. The summed E-state index contributed by atoms with van der Waals surface area (Å²) in [6, 6.07) is 14.6. The number of aromatic hydroxyl groups is 1. The van der Waals surface area contributed by atoms with Gasteiger partial charge in [-0.1, -0.05) is 6.07 Å². The number of amides is 1. The fourth-order valence-corrected chi connectivity index (χ4v) is 4.28. The molecule has 9 heteroatoms. The van der Waals surface area contributed by atoms with E-state index in [0.29, 0.717) is 46.2 Å². The van der Waals surface area contributed by atoms with Gasteiger partial charge in [-0.2, -0.15) is 5.10 Å². The van der Waals surface area contributed by atoms with Crippen molar-refractivity contribution in [2.75, 3.05) is 18.1 Å². The van der Waals surface area contributed by atoms with Gasteiger partial charge in [-0.05, 0) is 67.9 Å². The van der Waals surface area contributed by atoms with Crippen molar-refractivity contribution in [3.63, 3.8) is 0 Å². The number of H-pyrrole nitrogens is 1. The number of phenolic OH excluding ortho intramolecular Hbond substituents is 1. The highest BCUT2D eigenvalue weighted by molar-refractivity contribution is 6.11. The van der Waals surface area contributed by atoms with Gasteiger partial charge in [0.15, 0.2) is 23.0 Å². The van der Waals surface area contributed by atoms with Gasteiger partial charge in [0.1, 0.15) is 5.69 Å². The minimum atomic E-state index is -0.593. The standard InChI is InChI=1S/C26H23N3O6/c1-3-33-20-14-16(9-12-18(20)30)24-21-22(19-6-5-13-35-19)27-28-23(21)25(31)29(24)17-10-7-15(8-11-17)26(32)34-4-2/h5-14,24,30H,3-4H2,1-2H3,(H,27,28)/t24-/m0/s1. The first-order chi connectivity index (χ1) is 17.0. The number of aromatic amines is 1. The van der Waals surface area contributed by atoms with Gasteiger partial charge in [0.2, 0.25) is 0 Å². The maximum atomic E-state index is 13.6. The van der Waals surface area contributed by atoms with E-state index in [1.54, 1.807) is 66.6 Å². The number of anilines is 1. The molecule has 5 rings (SSSR count). The van der Waals surface area contributed by atoms with E-state index in [4.69, 9.17) is 13.9 Å². The summed E-state index contributed by atoms with van der Waals surface area (Å²) >= 11 is 0. The Morgan fingerprint density at radius 3 is 2.63 bits per heavy atom. The van der Waals surface area contributed by atoms with Crippen LogP contribution >= 0.6 is 0 Å². The average Bonchev–Trinajstić information content (AvgIpc) is 3.59. The number of ether oxygens (including phenoxy) is 2. The van der Waals surface area contributed by atoms with Crippen molar-refractivity contribution in [2.24, 2.45) is 0 Å². The quantitative estimate of drug-likeness (QED) is 0.374. The zero-order valence-electron chi connectivity index (χ0n) is 19.1. The molecule has 0 radical (unpaired) electrons. The van der Waals surface area contributed by atoms with Crippen LogP contribution in [0.1, 0.15) is 51.9 Å². The predicted octanol–water partition coefficient (Wildman–Crippen LogP) is 4.70. The number of carbonyl (C=O) groups excluding carboxylic acids is 2. The first-order valence-corrected chi connectivity index (χ1v) is 11.2. The number of benzene rings is 2.